The van der Waals surface area contributed by atoms with Crippen molar-refractivity contribution in [2.45, 2.75) is 0 Å². The molecule has 0 aliphatic heterocycles. The minimum absolute atomic E-state index is 0.687. The van der Waals surface area contributed by atoms with Crippen molar-refractivity contribution in [3.63, 3.8) is 0 Å². The van der Waals surface area contributed by atoms with Crippen LogP contribution >= 0.6 is 11.5 Å². The molecule has 16 heavy (non-hydrogen) atoms. The fourth-order valence-electron chi connectivity index (χ4n) is 1.42. The Morgan fingerprint density at radius 2 is 1.88 bits per heavy atom. The Kier molecular flexibility index (Phi) is 2.96. The largest absolute Gasteiger partial charge is 0.493 e. The standard InChI is InChI=1S/C11H12N2O2S/c1-14-9-4-3-7(5-10(9)15-2)8-6-11(12)16-13-8/h3-6H,12H2,1-2H3. The molecule has 1 aromatic heterocycles. The Bertz CT molecular complexity index is 496. The van der Waals surface area contributed by atoms with Gasteiger partial charge in [-0.3, -0.25) is 0 Å². The number of nitrogens with two attached hydrogens (primary N) is 1. The molecule has 0 saturated carbocycles. The number of rotatable bonds is 3. The summed E-state index contributed by atoms with van der Waals surface area (Å²) >= 11 is 1.28. The molecule has 1 heterocycles. The highest BCUT2D eigenvalue weighted by Crippen LogP contribution is 2.32. The van der Waals surface area contributed by atoms with E-state index >= 15 is 0 Å². The van der Waals surface area contributed by atoms with Gasteiger partial charge in [0.1, 0.15) is 5.00 Å². The highest BCUT2D eigenvalue weighted by molar-refractivity contribution is 7.10. The van der Waals surface area contributed by atoms with Gasteiger partial charge < -0.3 is 15.2 Å². The second-order valence-corrected chi connectivity index (χ2v) is 4.02. The van der Waals surface area contributed by atoms with Crippen molar-refractivity contribution >= 4 is 16.5 Å². The zero-order valence-corrected chi connectivity index (χ0v) is 9.88. The lowest BCUT2D eigenvalue weighted by Crippen LogP contribution is -1.90. The highest BCUT2D eigenvalue weighted by atomic mass is 32.1. The molecule has 0 amide bonds. The van der Waals surface area contributed by atoms with Gasteiger partial charge in [0, 0.05) is 11.6 Å². The van der Waals surface area contributed by atoms with E-state index in [0.29, 0.717) is 16.5 Å². The zero-order valence-electron chi connectivity index (χ0n) is 9.06. The van der Waals surface area contributed by atoms with Gasteiger partial charge in [0.15, 0.2) is 11.5 Å². The summed E-state index contributed by atoms with van der Waals surface area (Å²) in [5, 5.41) is 0.699. The maximum atomic E-state index is 5.64. The third-order valence-corrected chi connectivity index (χ3v) is 2.82. The number of ether oxygens (including phenoxy) is 2. The molecule has 0 radical (unpaired) electrons. The van der Waals surface area contributed by atoms with E-state index in [-0.39, 0.29) is 0 Å². The average Bonchev–Trinajstić information content (AvgIpc) is 2.75. The van der Waals surface area contributed by atoms with E-state index in [1.54, 1.807) is 14.2 Å². The zero-order chi connectivity index (χ0) is 11.5. The second kappa shape index (κ2) is 4.40. The first kappa shape index (κ1) is 10.8. The molecular weight excluding hydrogens is 224 g/mol. The Morgan fingerprint density at radius 1 is 1.12 bits per heavy atom. The molecule has 2 N–H and O–H groups in total. The molecule has 2 rings (SSSR count). The van der Waals surface area contributed by atoms with Crippen molar-refractivity contribution in [3.05, 3.63) is 24.3 Å². The van der Waals surface area contributed by atoms with Crippen LogP contribution in [-0.2, 0) is 0 Å². The van der Waals surface area contributed by atoms with E-state index in [9.17, 15) is 0 Å². The highest BCUT2D eigenvalue weighted by Gasteiger charge is 2.08. The topological polar surface area (TPSA) is 57.4 Å². The SMILES string of the molecule is COc1ccc(-c2cc(N)sn2)cc1OC. The van der Waals surface area contributed by atoms with Gasteiger partial charge in [-0.05, 0) is 29.7 Å². The summed E-state index contributed by atoms with van der Waals surface area (Å²) in [5.74, 6) is 1.39. The predicted molar refractivity (Wildman–Crippen MR) is 65.1 cm³/mol. The molecule has 5 heteroatoms. The van der Waals surface area contributed by atoms with Gasteiger partial charge >= 0.3 is 0 Å². The first-order chi connectivity index (χ1) is 7.74. The third-order valence-electron chi connectivity index (χ3n) is 2.21. The average molecular weight is 236 g/mol. The van der Waals surface area contributed by atoms with Gasteiger partial charge in [0.05, 0.1) is 19.9 Å². The maximum Gasteiger partial charge on any atom is 0.161 e. The second-order valence-electron chi connectivity index (χ2n) is 3.18. The van der Waals surface area contributed by atoms with Crippen LogP contribution in [-0.4, -0.2) is 18.6 Å². The van der Waals surface area contributed by atoms with Crippen molar-refractivity contribution in [1.82, 2.24) is 4.37 Å². The molecular formula is C11H12N2O2S. The molecule has 84 valence electrons. The number of hydrogen-bond acceptors (Lipinski definition) is 5. The van der Waals surface area contributed by atoms with Crippen LogP contribution in [0.3, 0.4) is 0 Å². The van der Waals surface area contributed by atoms with E-state index in [4.69, 9.17) is 15.2 Å². The van der Waals surface area contributed by atoms with Crippen LogP contribution in [0.25, 0.3) is 11.3 Å². The van der Waals surface area contributed by atoms with Crippen LogP contribution in [0, 0.1) is 0 Å². The quantitative estimate of drug-likeness (QED) is 0.889. The summed E-state index contributed by atoms with van der Waals surface area (Å²) in [6.07, 6.45) is 0. The van der Waals surface area contributed by atoms with Gasteiger partial charge in [-0.1, -0.05) is 0 Å². The fourth-order valence-corrected chi connectivity index (χ4v) is 1.95. The van der Waals surface area contributed by atoms with Crippen LogP contribution in [0.1, 0.15) is 0 Å². The Balaban J connectivity index is 2.43. The molecule has 0 spiro atoms. The van der Waals surface area contributed by atoms with Crippen LogP contribution in [0.2, 0.25) is 0 Å². The lowest BCUT2D eigenvalue weighted by Gasteiger charge is -2.08. The first-order valence-corrected chi connectivity index (χ1v) is 5.46. The number of nitrogen functional groups attached to an aromatic ring is 1. The third kappa shape index (κ3) is 1.94. The molecule has 0 bridgehead atoms. The summed E-state index contributed by atoms with van der Waals surface area (Å²) in [6.45, 7) is 0. The number of aromatic nitrogens is 1. The van der Waals surface area contributed by atoms with Crippen molar-refractivity contribution in [2.24, 2.45) is 0 Å². The lowest BCUT2D eigenvalue weighted by molar-refractivity contribution is 0.355. The lowest BCUT2D eigenvalue weighted by atomic mass is 10.1. The summed E-state index contributed by atoms with van der Waals surface area (Å²) in [7, 11) is 3.22. The van der Waals surface area contributed by atoms with Gasteiger partial charge in [0.2, 0.25) is 0 Å². The van der Waals surface area contributed by atoms with E-state index in [1.165, 1.54) is 11.5 Å². The molecule has 0 unspecified atom stereocenters. The number of anilines is 1. The maximum absolute atomic E-state index is 5.64. The van der Waals surface area contributed by atoms with Crippen molar-refractivity contribution in [1.29, 1.82) is 0 Å². The smallest absolute Gasteiger partial charge is 0.161 e. The van der Waals surface area contributed by atoms with Gasteiger partial charge in [0.25, 0.3) is 0 Å². The summed E-state index contributed by atoms with van der Waals surface area (Å²) < 4.78 is 14.6. The first-order valence-electron chi connectivity index (χ1n) is 4.69. The Labute approximate surface area is 97.8 Å². The molecule has 0 fully saturated rings. The molecule has 0 aliphatic carbocycles. The van der Waals surface area contributed by atoms with Gasteiger partial charge in [-0.15, -0.1) is 0 Å². The van der Waals surface area contributed by atoms with E-state index in [1.807, 2.05) is 24.3 Å². The molecule has 2 aromatic rings. The van der Waals surface area contributed by atoms with E-state index in [2.05, 4.69) is 4.37 Å². The molecule has 4 nitrogen and oxygen atoms in total. The minimum Gasteiger partial charge on any atom is -0.493 e. The minimum atomic E-state index is 0.687. The monoisotopic (exact) mass is 236 g/mol. The van der Waals surface area contributed by atoms with E-state index < -0.39 is 0 Å². The van der Waals surface area contributed by atoms with Crippen LogP contribution in [0.4, 0.5) is 5.00 Å². The van der Waals surface area contributed by atoms with Gasteiger partial charge in [-0.2, -0.15) is 4.37 Å². The molecule has 0 aliphatic rings. The van der Waals surface area contributed by atoms with Crippen molar-refractivity contribution in [2.75, 3.05) is 20.0 Å². The number of hydrogen-bond donors (Lipinski definition) is 1. The van der Waals surface area contributed by atoms with Crippen LogP contribution in [0.5, 0.6) is 11.5 Å². The summed E-state index contributed by atoms with van der Waals surface area (Å²) in [4.78, 5) is 0. The summed E-state index contributed by atoms with van der Waals surface area (Å²) in [6, 6.07) is 7.50. The van der Waals surface area contributed by atoms with Gasteiger partial charge in [-0.25, -0.2) is 0 Å². The Morgan fingerprint density at radius 3 is 2.44 bits per heavy atom. The number of nitrogens with zero attached hydrogens (tertiary/aromatic N) is 1. The van der Waals surface area contributed by atoms with Crippen molar-refractivity contribution in [3.8, 4) is 22.8 Å². The number of benzene rings is 1. The molecule has 0 saturated heterocycles. The summed E-state index contributed by atoms with van der Waals surface area (Å²) in [5.41, 5.74) is 7.46. The number of methoxy groups -OCH3 is 2. The van der Waals surface area contributed by atoms with Crippen LogP contribution in [0.15, 0.2) is 24.3 Å². The van der Waals surface area contributed by atoms with Crippen LogP contribution < -0.4 is 15.2 Å². The van der Waals surface area contributed by atoms with E-state index in [0.717, 1.165) is 11.3 Å². The molecule has 0 atom stereocenters. The predicted octanol–water partition coefficient (Wildman–Crippen LogP) is 2.41. The fraction of sp³-hybridized carbons (Fsp3) is 0.182. The van der Waals surface area contributed by atoms with Crippen molar-refractivity contribution < 1.29 is 9.47 Å². The Hall–Kier alpha value is -1.75. The normalized spacial score (nSPS) is 10.1. The molecule has 1 aromatic carbocycles.